The van der Waals surface area contributed by atoms with Crippen LogP contribution in [-0.2, 0) is 0 Å². The van der Waals surface area contributed by atoms with Crippen molar-refractivity contribution in [1.29, 1.82) is 0 Å². The minimum atomic E-state index is 0.292. The number of ether oxygens (including phenoxy) is 4. The summed E-state index contributed by atoms with van der Waals surface area (Å²) in [6.45, 7) is 0.584. The molecule has 4 aromatic carbocycles. The quantitative estimate of drug-likeness (QED) is 0.347. The highest BCUT2D eigenvalue weighted by molar-refractivity contribution is 5.75. The van der Waals surface area contributed by atoms with Gasteiger partial charge in [-0.05, 0) is 57.6 Å². The highest BCUT2D eigenvalue weighted by Crippen LogP contribution is 2.37. The van der Waals surface area contributed by atoms with E-state index in [2.05, 4.69) is 72.8 Å². The van der Waals surface area contributed by atoms with E-state index in [4.69, 9.17) is 18.9 Å². The van der Waals surface area contributed by atoms with Gasteiger partial charge in [0.2, 0.25) is 13.6 Å². The number of benzene rings is 4. The molecule has 6 rings (SSSR count). The van der Waals surface area contributed by atoms with E-state index in [1.165, 1.54) is 0 Å². The third kappa shape index (κ3) is 3.56. The Morgan fingerprint density at radius 1 is 0.406 bits per heavy atom. The van der Waals surface area contributed by atoms with E-state index in [0.29, 0.717) is 13.6 Å². The van der Waals surface area contributed by atoms with Crippen LogP contribution in [0.5, 0.6) is 23.0 Å². The predicted octanol–water partition coefficient (Wildman–Crippen LogP) is 6.65. The molecule has 4 aromatic rings. The first-order valence-corrected chi connectivity index (χ1v) is 10.5. The van der Waals surface area contributed by atoms with Gasteiger partial charge in [0, 0.05) is 0 Å². The van der Waals surface area contributed by atoms with Gasteiger partial charge >= 0.3 is 0 Å². The maximum Gasteiger partial charge on any atom is 0.231 e. The zero-order valence-corrected chi connectivity index (χ0v) is 17.3. The maximum atomic E-state index is 5.48. The number of fused-ring (bicyclic) bond motifs is 2. The van der Waals surface area contributed by atoms with Gasteiger partial charge in [0.1, 0.15) is 0 Å². The van der Waals surface area contributed by atoms with Crippen LogP contribution in [0.3, 0.4) is 0 Å². The van der Waals surface area contributed by atoms with Crippen molar-refractivity contribution < 1.29 is 18.9 Å². The van der Waals surface area contributed by atoms with E-state index in [1.807, 2.05) is 24.3 Å². The summed E-state index contributed by atoms with van der Waals surface area (Å²) in [6, 6.07) is 29.1. The van der Waals surface area contributed by atoms with Crippen LogP contribution in [0.1, 0.15) is 11.1 Å². The Morgan fingerprint density at radius 3 is 1.22 bits per heavy atom. The molecule has 156 valence electrons. The van der Waals surface area contributed by atoms with Gasteiger partial charge in [-0.25, -0.2) is 0 Å². The van der Waals surface area contributed by atoms with Crippen LogP contribution in [0.4, 0.5) is 0 Å². The molecule has 0 bridgehead atoms. The third-order valence-electron chi connectivity index (χ3n) is 5.70. The van der Waals surface area contributed by atoms with Gasteiger partial charge in [-0.3, -0.25) is 0 Å². The number of rotatable bonds is 4. The SMILES string of the molecule is C(=C\c1ccc(-c2ccc3c(c2)OCO3)cc1)/c1ccc(-c2ccc3c(c2)OCO3)cc1. The Morgan fingerprint density at radius 2 is 0.781 bits per heavy atom. The second-order valence-electron chi connectivity index (χ2n) is 7.71. The molecule has 4 nitrogen and oxygen atoms in total. The van der Waals surface area contributed by atoms with Crippen molar-refractivity contribution >= 4 is 12.2 Å². The van der Waals surface area contributed by atoms with Crippen molar-refractivity contribution in [3.8, 4) is 45.3 Å². The maximum absolute atomic E-state index is 5.48. The van der Waals surface area contributed by atoms with E-state index in [1.54, 1.807) is 0 Å². The lowest BCUT2D eigenvalue weighted by Gasteiger charge is -2.05. The van der Waals surface area contributed by atoms with E-state index in [9.17, 15) is 0 Å². The molecule has 2 aliphatic rings. The fourth-order valence-electron chi connectivity index (χ4n) is 3.92. The first-order valence-electron chi connectivity index (χ1n) is 10.5. The summed E-state index contributed by atoms with van der Waals surface area (Å²) < 4.78 is 21.7. The molecular weight excluding hydrogens is 400 g/mol. The van der Waals surface area contributed by atoms with Crippen LogP contribution >= 0.6 is 0 Å². The average Bonchev–Trinajstić information content (AvgIpc) is 3.52. The molecule has 0 spiro atoms. The fourth-order valence-corrected chi connectivity index (χ4v) is 3.92. The molecule has 0 saturated heterocycles. The smallest absolute Gasteiger partial charge is 0.231 e. The van der Waals surface area contributed by atoms with Crippen molar-refractivity contribution in [1.82, 2.24) is 0 Å². The predicted molar refractivity (Wildman–Crippen MR) is 125 cm³/mol. The van der Waals surface area contributed by atoms with E-state index < -0.39 is 0 Å². The zero-order valence-electron chi connectivity index (χ0n) is 17.3. The van der Waals surface area contributed by atoms with Crippen molar-refractivity contribution in [2.45, 2.75) is 0 Å². The summed E-state index contributed by atoms with van der Waals surface area (Å²) in [6.07, 6.45) is 4.25. The summed E-state index contributed by atoms with van der Waals surface area (Å²) in [5, 5.41) is 0. The lowest BCUT2D eigenvalue weighted by Crippen LogP contribution is -1.92. The highest BCUT2D eigenvalue weighted by Gasteiger charge is 2.14. The highest BCUT2D eigenvalue weighted by atomic mass is 16.7. The van der Waals surface area contributed by atoms with Gasteiger partial charge < -0.3 is 18.9 Å². The van der Waals surface area contributed by atoms with Gasteiger partial charge in [-0.1, -0.05) is 72.8 Å². The Labute approximate surface area is 186 Å². The standard InChI is InChI=1S/C28H20O4/c1(19-3-7-21(8-4-19)23-11-13-25-27(15-23)31-17-29-25)2-20-5-9-22(10-6-20)24-12-14-26-28(16-24)32-18-30-26/h1-16H,17-18H2/b2-1+. The van der Waals surface area contributed by atoms with Crippen molar-refractivity contribution in [3.05, 3.63) is 96.1 Å². The minimum Gasteiger partial charge on any atom is -0.454 e. The van der Waals surface area contributed by atoms with E-state index >= 15 is 0 Å². The molecule has 32 heavy (non-hydrogen) atoms. The molecule has 2 heterocycles. The Hall–Kier alpha value is -4.18. The molecule has 4 heteroatoms. The van der Waals surface area contributed by atoms with Crippen molar-refractivity contribution in [2.24, 2.45) is 0 Å². The molecular formula is C28H20O4. The summed E-state index contributed by atoms with van der Waals surface area (Å²) in [5.41, 5.74) is 6.82. The molecule has 0 unspecified atom stereocenters. The van der Waals surface area contributed by atoms with Crippen molar-refractivity contribution in [2.75, 3.05) is 13.6 Å². The summed E-state index contributed by atoms with van der Waals surface area (Å²) in [4.78, 5) is 0. The van der Waals surface area contributed by atoms with Gasteiger partial charge in [0.15, 0.2) is 23.0 Å². The van der Waals surface area contributed by atoms with Gasteiger partial charge in [-0.15, -0.1) is 0 Å². The lowest BCUT2D eigenvalue weighted by molar-refractivity contribution is 0.173. The van der Waals surface area contributed by atoms with E-state index in [-0.39, 0.29) is 0 Å². The lowest BCUT2D eigenvalue weighted by atomic mass is 10.0. The molecule has 0 aliphatic carbocycles. The summed E-state index contributed by atoms with van der Waals surface area (Å²) in [5.74, 6) is 3.21. The summed E-state index contributed by atoms with van der Waals surface area (Å²) >= 11 is 0. The molecule has 0 radical (unpaired) electrons. The van der Waals surface area contributed by atoms with Gasteiger partial charge in [0.05, 0.1) is 0 Å². The Bertz CT molecular complexity index is 1200. The Balaban J connectivity index is 1.16. The van der Waals surface area contributed by atoms with Gasteiger partial charge in [-0.2, -0.15) is 0 Å². The first kappa shape index (κ1) is 18.6. The third-order valence-corrected chi connectivity index (χ3v) is 5.70. The molecule has 0 N–H and O–H groups in total. The molecule has 0 atom stereocenters. The van der Waals surface area contributed by atoms with Crippen LogP contribution in [0.2, 0.25) is 0 Å². The first-order chi connectivity index (χ1) is 15.8. The van der Waals surface area contributed by atoms with Crippen LogP contribution in [-0.4, -0.2) is 13.6 Å². The second kappa shape index (κ2) is 7.82. The summed E-state index contributed by atoms with van der Waals surface area (Å²) in [7, 11) is 0. The van der Waals surface area contributed by atoms with Crippen LogP contribution in [0, 0.1) is 0 Å². The topological polar surface area (TPSA) is 36.9 Å². The molecule has 0 amide bonds. The molecule has 2 aliphatic heterocycles. The molecule has 0 aromatic heterocycles. The molecule has 0 fully saturated rings. The van der Waals surface area contributed by atoms with Crippen molar-refractivity contribution in [3.63, 3.8) is 0 Å². The number of hydrogen-bond donors (Lipinski definition) is 0. The monoisotopic (exact) mass is 420 g/mol. The molecule has 0 saturated carbocycles. The van der Waals surface area contributed by atoms with Crippen LogP contribution in [0.25, 0.3) is 34.4 Å². The zero-order chi connectivity index (χ0) is 21.3. The normalized spacial score (nSPS) is 13.6. The fraction of sp³-hybridized carbons (Fsp3) is 0.0714. The number of hydrogen-bond acceptors (Lipinski definition) is 4. The van der Waals surface area contributed by atoms with Crippen LogP contribution in [0.15, 0.2) is 84.9 Å². The Kier molecular flexibility index (Phi) is 4.54. The second-order valence-corrected chi connectivity index (χ2v) is 7.71. The average molecular weight is 420 g/mol. The minimum absolute atomic E-state index is 0.292. The van der Waals surface area contributed by atoms with Crippen LogP contribution < -0.4 is 18.9 Å². The van der Waals surface area contributed by atoms with E-state index in [0.717, 1.165) is 56.4 Å². The van der Waals surface area contributed by atoms with Gasteiger partial charge in [0.25, 0.3) is 0 Å². The largest absolute Gasteiger partial charge is 0.454 e.